The molecule has 0 bridgehead atoms. The van der Waals surface area contributed by atoms with Crippen LogP contribution in [0, 0.1) is 5.82 Å². The molecule has 1 saturated carbocycles. The number of aromatic nitrogens is 2. The summed E-state index contributed by atoms with van der Waals surface area (Å²) in [6.07, 6.45) is 5.34. The minimum Gasteiger partial charge on any atom is -0.460 e. The molecule has 0 atom stereocenters. The van der Waals surface area contributed by atoms with Gasteiger partial charge >= 0.3 is 6.01 Å². The summed E-state index contributed by atoms with van der Waals surface area (Å²) in [5, 5.41) is 3.63. The summed E-state index contributed by atoms with van der Waals surface area (Å²) >= 11 is 5.82. The number of ether oxygens (including phenoxy) is 1. The average Bonchev–Trinajstić information content (AvgIpc) is 2.59. The lowest BCUT2D eigenvalue weighted by molar-refractivity contribution is 0.0885. The Bertz CT molecular complexity index is 686. The Morgan fingerprint density at radius 3 is 2.38 bits per heavy atom. The van der Waals surface area contributed by atoms with Gasteiger partial charge < -0.3 is 10.1 Å². The lowest BCUT2D eigenvalue weighted by Crippen LogP contribution is -2.39. The highest BCUT2D eigenvalue weighted by Gasteiger charge is 2.24. The van der Waals surface area contributed by atoms with Crippen LogP contribution < -0.4 is 10.1 Å². The number of rotatable bonds is 4. The summed E-state index contributed by atoms with van der Waals surface area (Å²) in [7, 11) is 0. The Hall–Kier alpha value is -2.21. The fourth-order valence-electron chi connectivity index (χ4n) is 2.71. The molecule has 24 heavy (non-hydrogen) atoms. The first kappa shape index (κ1) is 16.6. The number of hydrogen-bond donors (Lipinski definition) is 1. The van der Waals surface area contributed by atoms with Gasteiger partial charge in [0.15, 0.2) is 5.82 Å². The van der Waals surface area contributed by atoms with Crippen molar-refractivity contribution >= 4 is 17.5 Å². The summed E-state index contributed by atoms with van der Waals surface area (Å²) in [6.45, 7) is 0. The Kier molecular flexibility index (Phi) is 5.25. The number of carbonyl (C=O) groups excluding carboxylic acids is 1. The maximum absolute atomic E-state index is 12.8. The van der Waals surface area contributed by atoms with Crippen LogP contribution in [0.1, 0.15) is 36.0 Å². The molecule has 1 heterocycles. The van der Waals surface area contributed by atoms with E-state index in [1.807, 2.05) is 0 Å². The first-order valence-electron chi connectivity index (χ1n) is 7.81. The van der Waals surface area contributed by atoms with Gasteiger partial charge in [0.1, 0.15) is 6.10 Å². The highest BCUT2D eigenvalue weighted by Crippen LogP contribution is 2.22. The van der Waals surface area contributed by atoms with Crippen LogP contribution in [0.25, 0.3) is 0 Å². The fraction of sp³-hybridized carbons (Fsp3) is 0.353. The summed E-state index contributed by atoms with van der Waals surface area (Å²) in [6, 6.07) is 7.11. The van der Waals surface area contributed by atoms with Gasteiger partial charge in [-0.05, 0) is 49.9 Å². The van der Waals surface area contributed by atoms with Crippen molar-refractivity contribution in [3.05, 3.63) is 53.1 Å². The van der Waals surface area contributed by atoms with E-state index in [4.69, 9.17) is 16.3 Å². The van der Waals surface area contributed by atoms with Crippen molar-refractivity contribution in [2.45, 2.75) is 37.8 Å². The standard InChI is InChI=1S/C17H17ClFN3O2/c18-12-3-1-11(2-4-12)16(23)22-14-5-7-15(8-6-14)24-17-20-9-13(19)10-21-17/h1-4,9-10,14-15H,5-8H2,(H,22,23). The largest absolute Gasteiger partial charge is 0.460 e. The zero-order chi connectivity index (χ0) is 16.9. The minimum absolute atomic E-state index is 0.0147. The summed E-state index contributed by atoms with van der Waals surface area (Å²) in [5.74, 6) is -0.589. The number of nitrogens with zero attached hydrogens (tertiary/aromatic N) is 2. The van der Waals surface area contributed by atoms with E-state index in [0.29, 0.717) is 10.6 Å². The van der Waals surface area contributed by atoms with Crippen LogP contribution in [0.2, 0.25) is 5.02 Å². The van der Waals surface area contributed by atoms with Gasteiger partial charge in [-0.15, -0.1) is 0 Å². The highest BCUT2D eigenvalue weighted by atomic mass is 35.5. The first-order chi connectivity index (χ1) is 11.6. The first-order valence-corrected chi connectivity index (χ1v) is 8.18. The van der Waals surface area contributed by atoms with Crippen LogP contribution in [0.3, 0.4) is 0 Å². The van der Waals surface area contributed by atoms with Crippen molar-refractivity contribution < 1.29 is 13.9 Å². The molecular weight excluding hydrogens is 333 g/mol. The number of carbonyl (C=O) groups is 1. The van der Waals surface area contributed by atoms with Gasteiger partial charge in [0.25, 0.3) is 5.91 Å². The second-order valence-corrected chi connectivity index (χ2v) is 6.19. The number of hydrogen-bond acceptors (Lipinski definition) is 4. The SMILES string of the molecule is O=C(NC1CCC(Oc2ncc(F)cn2)CC1)c1ccc(Cl)cc1. The van der Waals surface area contributed by atoms with Crippen LogP contribution in [0.5, 0.6) is 6.01 Å². The zero-order valence-corrected chi connectivity index (χ0v) is 13.7. The van der Waals surface area contributed by atoms with Crippen LogP contribution in [0.15, 0.2) is 36.7 Å². The molecule has 1 aliphatic rings. The van der Waals surface area contributed by atoms with E-state index < -0.39 is 5.82 Å². The fourth-order valence-corrected chi connectivity index (χ4v) is 2.83. The van der Waals surface area contributed by atoms with Crippen molar-refractivity contribution in [2.75, 3.05) is 0 Å². The number of nitrogens with one attached hydrogen (secondary N) is 1. The van der Waals surface area contributed by atoms with Crippen molar-refractivity contribution in [1.82, 2.24) is 15.3 Å². The highest BCUT2D eigenvalue weighted by molar-refractivity contribution is 6.30. The maximum Gasteiger partial charge on any atom is 0.316 e. The lowest BCUT2D eigenvalue weighted by atomic mass is 9.92. The van der Waals surface area contributed by atoms with Crippen LogP contribution in [-0.2, 0) is 0 Å². The second kappa shape index (κ2) is 7.57. The van der Waals surface area contributed by atoms with Crippen LogP contribution >= 0.6 is 11.6 Å². The maximum atomic E-state index is 12.8. The molecule has 1 aromatic carbocycles. The summed E-state index contributed by atoms with van der Waals surface area (Å²) in [4.78, 5) is 19.8. The van der Waals surface area contributed by atoms with E-state index in [9.17, 15) is 9.18 Å². The normalized spacial score (nSPS) is 20.4. The molecule has 1 fully saturated rings. The number of halogens is 2. The molecule has 1 aliphatic carbocycles. The third kappa shape index (κ3) is 4.41. The molecule has 1 aromatic heterocycles. The zero-order valence-electron chi connectivity index (χ0n) is 12.9. The molecule has 0 spiro atoms. The van der Waals surface area contributed by atoms with Crippen molar-refractivity contribution in [3.63, 3.8) is 0 Å². The van der Waals surface area contributed by atoms with E-state index in [1.165, 1.54) is 0 Å². The van der Waals surface area contributed by atoms with Gasteiger partial charge in [-0.3, -0.25) is 4.79 Å². The van der Waals surface area contributed by atoms with Crippen molar-refractivity contribution in [2.24, 2.45) is 0 Å². The molecule has 3 rings (SSSR count). The molecule has 1 N–H and O–H groups in total. The van der Waals surface area contributed by atoms with Gasteiger partial charge in [-0.2, -0.15) is 0 Å². The molecule has 126 valence electrons. The van der Waals surface area contributed by atoms with Gasteiger partial charge in [0.2, 0.25) is 0 Å². The lowest BCUT2D eigenvalue weighted by Gasteiger charge is -2.28. The Labute approximate surface area is 144 Å². The topological polar surface area (TPSA) is 64.1 Å². The van der Waals surface area contributed by atoms with Gasteiger partial charge in [0, 0.05) is 16.6 Å². The van der Waals surface area contributed by atoms with E-state index in [-0.39, 0.29) is 24.1 Å². The summed E-state index contributed by atoms with van der Waals surface area (Å²) in [5.41, 5.74) is 0.595. The van der Waals surface area contributed by atoms with Gasteiger partial charge in [-0.25, -0.2) is 14.4 Å². The minimum atomic E-state index is -0.490. The van der Waals surface area contributed by atoms with Crippen molar-refractivity contribution in [1.29, 1.82) is 0 Å². The van der Waals surface area contributed by atoms with E-state index >= 15 is 0 Å². The van der Waals surface area contributed by atoms with Crippen LogP contribution in [-0.4, -0.2) is 28.0 Å². The third-order valence-corrected chi connectivity index (χ3v) is 4.24. The third-order valence-electron chi connectivity index (χ3n) is 3.98. The number of benzene rings is 1. The van der Waals surface area contributed by atoms with Gasteiger partial charge in [0.05, 0.1) is 12.4 Å². The number of amides is 1. The average molecular weight is 350 g/mol. The monoisotopic (exact) mass is 349 g/mol. The molecular formula is C17H17ClFN3O2. The predicted molar refractivity (Wildman–Crippen MR) is 87.6 cm³/mol. The Morgan fingerprint density at radius 1 is 1.12 bits per heavy atom. The molecule has 0 saturated heterocycles. The molecule has 2 aromatic rings. The smallest absolute Gasteiger partial charge is 0.316 e. The molecule has 0 aliphatic heterocycles. The molecule has 1 amide bonds. The van der Waals surface area contributed by atoms with E-state index in [0.717, 1.165) is 38.1 Å². The Morgan fingerprint density at radius 2 is 1.75 bits per heavy atom. The Balaban J connectivity index is 1.47. The van der Waals surface area contributed by atoms with E-state index in [2.05, 4.69) is 15.3 Å². The molecule has 7 heteroatoms. The molecule has 0 radical (unpaired) electrons. The molecule has 5 nitrogen and oxygen atoms in total. The quantitative estimate of drug-likeness (QED) is 0.919. The summed E-state index contributed by atoms with van der Waals surface area (Å²) < 4.78 is 18.4. The molecule has 0 unspecified atom stereocenters. The predicted octanol–water partition coefficient (Wildman–Crippen LogP) is 3.39. The van der Waals surface area contributed by atoms with Crippen LogP contribution in [0.4, 0.5) is 4.39 Å². The van der Waals surface area contributed by atoms with Gasteiger partial charge in [-0.1, -0.05) is 11.6 Å². The van der Waals surface area contributed by atoms with E-state index in [1.54, 1.807) is 24.3 Å². The second-order valence-electron chi connectivity index (χ2n) is 5.76. The van der Waals surface area contributed by atoms with Crippen molar-refractivity contribution in [3.8, 4) is 6.01 Å².